The first kappa shape index (κ1) is 14.1. The van der Waals surface area contributed by atoms with Gasteiger partial charge < -0.3 is 9.88 Å². The second-order valence-electron chi connectivity index (χ2n) is 7.40. The van der Waals surface area contributed by atoms with E-state index in [1.807, 2.05) is 0 Å². The third-order valence-corrected chi connectivity index (χ3v) is 5.17. The van der Waals surface area contributed by atoms with Crippen LogP contribution in [0.2, 0.25) is 0 Å². The molecule has 1 aliphatic heterocycles. The van der Waals surface area contributed by atoms with E-state index in [1.165, 1.54) is 57.2 Å². The average Bonchev–Trinajstić information content (AvgIpc) is 3.09. The fraction of sp³-hybridized carbons (Fsp3) is 0.824. The lowest BCUT2D eigenvalue weighted by molar-refractivity contribution is 0.194. The molecule has 3 nitrogen and oxygen atoms in total. The number of nitrogens with one attached hydrogen (secondary N) is 1. The van der Waals surface area contributed by atoms with E-state index in [4.69, 9.17) is 0 Å². The molecule has 1 aromatic rings. The molecule has 0 spiro atoms. The zero-order chi connectivity index (χ0) is 14.0. The molecule has 1 atom stereocenters. The predicted molar refractivity (Wildman–Crippen MR) is 82.6 cm³/mol. The molecule has 0 amide bonds. The molecule has 3 rings (SSSR count). The predicted octanol–water partition coefficient (Wildman–Crippen LogP) is 3.91. The Bertz CT molecular complexity index is 423. The van der Waals surface area contributed by atoms with E-state index in [9.17, 15) is 0 Å². The van der Waals surface area contributed by atoms with E-state index in [-0.39, 0.29) is 0 Å². The lowest BCUT2D eigenvalue weighted by Crippen LogP contribution is -2.27. The molecule has 1 unspecified atom stereocenters. The highest BCUT2D eigenvalue weighted by Gasteiger charge is 2.35. The number of rotatable bonds is 5. The van der Waals surface area contributed by atoms with Crippen LogP contribution in [0.1, 0.15) is 70.5 Å². The van der Waals surface area contributed by atoms with Crippen LogP contribution in [-0.2, 0) is 6.54 Å². The molecule has 2 fully saturated rings. The van der Waals surface area contributed by atoms with Crippen LogP contribution >= 0.6 is 0 Å². The minimum absolute atomic E-state index is 0.530. The van der Waals surface area contributed by atoms with Crippen LogP contribution < -0.4 is 5.32 Å². The van der Waals surface area contributed by atoms with Gasteiger partial charge in [0.2, 0.25) is 0 Å². The van der Waals surface area contributed by atoms with Crippen LogP contribution in [0.5, 0.6) is 0 Å². The molecule has 1 aromatic heterocycles. The largest absolute Gasteiger partial charge is 0.333 e. The summed E-state index contributed by atoms with van der Waals surface area (Å²) in [5, 5.41) is 3.62. The summed E-state index contributed by atoms with van der Waals surface area (Å²) in [4.78, 5) is 4.44. The highest BCUT2D eigenvalue weighted by molar-refractivity contribution is 5.08. The average molecular weight is 275 g/mol. The van der Waals surface area contributed by atoms with Crippen molar-refractivity contribution in [2.75, 3.05) is 6.54 Å². The number of imidazole rings is 1. The first-order valence-electron chi connectivity index (χ1n) is 8.42. The summed E-state index contributed by atoms with van der Waals surface area (Å²) in [7, 11) is 0. The summed E-state index contributed by atoms with van der Waals surface area (Å²) >= 11 is 0. The zero-order valence-electron chi connectivity index (χ0n) is 13.1. The maximum atomic E-state index is 4.44. The van der Waals surface area contributed by atoms with Gasteiger partial charge in [-0.3, -0.25) is 0 Å². The summed E-state index contributed by atoms with van der Waals surface area (Å²) in [6.45, 7) is 7.08. The van der Waals surface area contributed by atoms with Gasteiger partial charge >= 0.3 is 0 Å². The van der Waals surface area contributed by atoms with Gasteiger partial charge in [-0.15, -0.1) is 0 Å². The van der Waals surface area contributed by atoms with Crippen molar-refractivity contribution in [3.8, 4) is 0 Å². The molecule has 1 N–H and O–H groups in total. The van der Waals surface area contributed by atoms with E-state index in [1.54, 1.807) is 0 Å². The third-order valence-electron chi connectivity index (χ3n) is 5.17. The van der Waals surface area contributed by atoms with Gasteiger partial charge in [-0.25, -0.2) is 4.98 Å². The van der Waals surface area contributed by atoms with Crippen molar-refractivity contribution in [1.82, 2.24) is 14.9 Å². The van der Waals surface area contributed by atoms with Gasteiger partial charge in [0, 0.05) is 18.8 Å². The molecular weight excluding hydrogens is 246 g/mol. The second kappa shape index (κ2) is 5.88. The minimum atomic E-state index is 0.530. The molecule has 0 bridgehead atoms. The SMILES string of the molecule is CC(C)CC1(Cn2cncc2C2CCCN2)CCCC1. The van der Waals surface area contributed by atoms with Crippen LogP contribution in [0.4, 0.5) is 0 Å². The van der Waals surface area contributed by atoms with Crippen molar-refractivity contribution in [3.05, 3.63) is 18.2 Å². The Kier molecular flexibility index (Phi) is 4.16. The van der Waals surface area contributed by atoms with Crippen molar-refractivity contribution in [2.24, 2.45) is 11.3 Å². The minimum Gasteiger partial charge on any atom is -0.333 e. The summed E-state index contributed by atoms with van der Waals surface area (Å²) in [5.74, 6) is 0.796. The Labute approximate surface area is 123 Å². The summed E-state index contributed by atoms with van der Waals surface area (Å²) in [5.41, 5.74) is 1.94. The Hall–Kier alpha value is -0.830. The number of aromatic nitrogens is 2. The van der Waals surface area contributed by atoms with Crippen LogP contribution in [0.15, 0.2) is 12.5 Å². The fourth-order valence-corrected chi connectivity index (χ4v) is 4.47. The molecule has 0 radical (unpaired) electrons. The Morgan fingerprint density at radius 1 is 1.35 bits per heavy atom. The molecule has 2 aliphatic rings. The second-order valence-corrected chi connectivity index (χ2v) is 7.40. The van der Waals surface area contributed by atoms with Crippen molar-refractivity contribution in [2.45, 2.75) is 71.4 Å². The lowest BCUT2D eigenvalue weighted by Gasteiger charge is -2.32. The summed E-state index contributed by atoms with van der Waals surface area (Å²) in [6, 6.07) is 0.537. The number of hydrogen-bond acceptors (Lipinski definition) is 2. The molecule has 1 saturated heterocycles. The lowest BCUT2D eigenvalue weighted by atomic mass is 9.78. The Morgan fingerprint density at radius 2 is 2.15 bits per heavy atom. The Morgan fingerprint density at radius 3 is 2.80 bits per heavy atom. The molecule has 0 aromatic carbocycles. The smallest absolute Gasteiger partial charge is 0.0948 e. The number of hydrogen-bond donors (Lipinski definition) is 1. The van der Waals surface area contributed by atoms with Gasteiger partial charge in [-0.1, -0.05) is 26.7 Å². The van der Waals surface area contributed by atoms with Gasteiger partial charge in [-0.05, 0) is 50.0 Å². The molecule has 2 heterocycles. The molecule has 112 valence electrons. The van der Waals surface area contributed by atoms with Crippen molar-refractivity contribution in [3.63, 3.8) is 0 Å². The molecule has 20 heavy (non-hydrogen) atoms. The van der Waals surface area contributed by atoms with E-state index in [0.717, 1.165) is 12.5 Å². The van der Waals surface area contributed by atoms with E-state index >= 15 is 0 Å². The molecule has 3 heteroatoms. The fourth-order valence-electron chi connectivity index (χ4n) is 4.47. The van der Waals surface area contributed by atoms with Crippen LogP contribution in [-0.4, -0.2) is 16.1 Å². The van der Waals surface area contributed by atoms with E-state index in [0.29, 0.717) is 11.5 Å². The van der Waals surface area contributed by atoms with Gasteiger partial charge in [-0.2, -0.15) is 0 Å². The first-order chi connectivity index (χ1) is 9.69. The highest BCUT2D eigenvalue weighted by atomic mass is 15.1. The molecule has 1 saturated carbocycles. The topological polar surface area (TPSA) is 29.9 Å². The zero-order valence-corrected chi connectivity index (χ0v) is 13.1. The van der Waals surface area contributed by atoms with Gasteiger partial charge in [0.25, 0.3) is 0 Å². The van der Waals surface area contributed by atoms with E-state index < -0.39 is 0 Å². The maximum absolute atomic E-state index is 4.44. The monoisotopic (exact) mass is 275 g/mol. The first-order valence-corrected chi connectivity index (χ1v) is 8.42. The molecular formula is C17H29N3. The molecule has 1 aliphatic carbocycles. The van der Waals surface area contributed by atoms with Crippen molar-refractivity contribution in [1.29, 1.82) is 0 Å². The van der Waals surface area contributed by atoms with Gasteiger partial charge in [0.1, 0.15) is 0 Å². The third kappa shape index (κ3) is 2.93. The van der Waals surface area contributed by atoms with Crippen LogP contribution in [0.3, 0.4) is 0 Å². The van der Waals surface area contributed by atoms with Crippen molar-refractivity contribution < 1.29 is 0 Å². The van der Waals surface area contributed by atoms with Gasteiger partial charge in [0.15, 0.2) is 0 Å². The standard InChI is InChI=1S/C17H29N3/c1-14(2)10-17(7-3-4-8-17)12-20-13-18-11-16(20)15-6-5-9-19-15/h11,13-15,19H,3-10,12H2,1-2H3. The normalized spacial score (nSPS) is 25.6. The van der Waals surface area contributed by atoms with Gasteiger partial charge in [0.05, 0.1) is 12.0 Å². The quantitative estimate of drug-likeness (QED) is 0.883. The highest BCUT2D eigenvalue weighted by Crippen LogP contribution is 2.45. The van der Waals surface area contributed by atoms with Crippen molar-refractivity contribution >= 4 is 0 Å². The van der Waals surface area contributed by atoms with Crippen LogP contribution in [0, 0.1) is 11.3 Å². The Balaban J connectivity index is 1.77. The summed E-state index contributed by atoms with van der Waals surface area (Å²) in [6.07, 6.45) is 13.7. The summed E-state index contributed by atoms with van der Waals surface area (Å²) < 4.78 is 2.46. The van der Waals surface area contributed by atoms with E-state index in [2.05, 4.69) is 41.2 Å². The van der Waals surface area contributed by atoms with Crippen LogP contribution in [0.25, 0.3) is 0 Å². The maximum Gasteiger partial charge on any atom is 0.0948 e. The number of nitrogens with zero attached hydrogens (tertiary/aromatic N) is 2.